The molecule has 0 spiro atoms. The molecule has 0 amide bonds. The Bertz CT molecular complexity index is 2880. The van der Waals surface area contributed by atoms with Gasteiger partial charge < -0.3 is 0 Å². The second-order valence-corrected chi connectivity index (χ2v) is 30.6. The van der Waals surface area contributed by atoms with Crippen molar-refractivity contribution in [3.63, 3.8) is 0 Å². The molecule has 3 saturated carbocycles. The van der Waals surface area contributed by atoms with Crippen LogP contribution < -0.4 is 0 Å². The van der Waals surface area contributed by atoms with Crippen LogP contribution in [-0.2, 0) is 38.4 Å². The Hall–Kier alpha value is -3.26. The molecule has 90 heavy (non-hydrogen) atoms. The van der Waals surface area contributed by atoms with Crippen LogP contribution in [0.2, 0.25) is 0 Å². The van der Waals surface area contributed by atoms with E-state index < -0.39 is 42.3 Å². The van der Waals surface area contributed by atoms with E-state index in [1.165, 1.54) is 29.3 Å². The van der Waals surface area contributed by atoms with Gasteiger partial charge in [-0.05, 0) is 0 Å². The molecule has 3 aromatic rings. The van der Waals surface area contributed by atoms with Crippen molar-refractivity contribution < 1.29 is 60.0 Å². The van der Waals surface area contributed by atoms with Crippen LogP contribution in [0.5, 0.6) is 0 Å². The summed E-state index contributed by atoms with van der Waals surface area (Å²) in [5.41, 5.74) is 0. The topological polar surface area (TPSA) is 230 Å². The zero-order chi connectivity index (χ0) is 66.3. The van der Waals surface area contributed by atoms with Gasteiger partial charge in [-0.25, -0.2) is 0 Å². The molecule has 3 unspecified atom stereocenters. The third kappa shape index (κ3) is 28.8. The van der Waals surface area contributed by atoms with Gasteiger partial charge in [-0.2, -0.15) is 0 Å². The molecule has 8 N–H and O–H groups in total. The number of hydrogen-bond acceptors (Lipinski definition) is 12. The molecule has 3 heterocycles. The fourth-order valence-electron chi connectivity index (χ4n) is 12.1. The Balaban J connectivity index is 0.000000288. The molecule has 0 bridgehead atoms. The number of aliphatic carboxylic acids is 3. The van der Waals surface area contributed by atoms with E-state index >= 15 is 0 Å². The van der Waals surface area contributed by atoms with E-state index in [0.717, 1.165) is 58.4 Å². The van der Waals surface area contributed by atoms with Gasteiger partial charge in [-0.3, -0.25) is 0 Å². The summed E-state index contributed by atoms with van der Waals surface area (Å²) in [6.07, 6.45) is 27.5. The van der Waals surface area contributed by atoms with Crippen LogP contribution in [0.3, 0.4) is 0 Å². The molecule has 3 aliphatic carbocycles. The van der Waals surface area contributed by atoms with Crippen LogP contribution in [0, 0.1) is 85.9 Å². The van der Waals surface area contributed by atoms with Crippen LogP contribution in [0.4, 0.5) is 0 Å². The van der Waals surface area contributed by atoms with Crippen molar-refractivity contribution in [2.75, 3.05) is 0 Å². The number of thiophene rings is 3. The number of halogens is 3. The number of aliphatic hydroxyl groups excluding tert-OH is 5. The summed E-state index contributed by atoms with van der Waals surface area (Å²) in [4.78, 5) is 51.5. The van der Waals surface area contributed by atoms with Gasteiger partial charge in [0.25, 0.3) is 0 Å². The Kier molecular flexibility index (Phi) is 37.8. The average molecular weight is 1480 g/mol. The van der Waals surface area contributed by atoms with Crippen LogP contribution in [0.15, 0.2) is 80.2 Å². The molecule has 0 aromatic carbocycles. The van der Waals surface area contributed by atoms with Crippen molar-refractivity contribution in [2.45, 2.75) is 199 Å². The zero-order valence-corrected chi connectivity index (χ0v) is 59.4. The van der Waals surface area contributed by atoms with Crippen molar-refractivity contribution >= 4 is 146 Å². The average Bonchev–Trinajstić information content (AvgIpc) is 1.81. The Labute approximate surface area is 574 Å². The van der Waals surface area contributed by atoms with Gasteiger partial charge in [0.2, 0.25) is 0 Å². The molecule has 6 rings (SSSR count). The van der Waals surface area contributed by atoms with Gasteiger partial charge in [0.05, 0.1) is 0 Å². The number of ketones is 1. The van der Waals surface area contributed by atoms with Crippen LogP contribution in [-0.4, -0.2) is 135 Å². The minimum atomic E-state index is -0.810. The van der Waals surface area contributed by atoms with Crippen molar-refractivity contribution in [3.05, 3.63) is 109 Å². The normalized spacial score (nSPS) is 24.5. The quantitative estimate of drug-likeness (QED) is 0.00904. The van der Waals surface area contributed by atoms with Gasteiger partial charge in [0.1, 0.15) is 0 Å². The number of unbranched alkanes of at least 4 members (excludes halogenated alkanes) is 5. The van der Waals surface area contributed by atoms with E-state index in [9.17, 15) is 44.7 Å². The molecule has 3 radical (unpaired) electrons. The van der Waals surface area contributed by atoms with Crippen LogP contribution >= 0.6 is 81.8 Å². The predicted octanol–water partition coefficient (Wildman–Crippen LogP) is 13.2. The van der Waals surface area contributed by atoms with Crippen molar-refractivity contribution in [1.82, 2.24) is 0 Å². The van der Waals surface area contributed by atoms with E-state index in [1.807, 2.05) is 36.5 Å². The first kappa shape index (κ1) is 79.2. The summed E-state index contributed by atoms with van der Waals surface area (Å²) in [6.45, 7) is 6.20. The summed E-state index contributed by atoms with van der Waals surface area (Å²) in [5.74, 6) is 9.31. The van der Waals surface area contributed by atoms with Crippen molar-refractivity contribution in [3.8, 4) is 11.8 Å². The van der Waals surface area contributed by atoms with Gasteiger partial charge >= 0.3 is 579 Å². The van der Waals surface area contributed by atoms with Crippen molar-refractivity contribution in [2.24, 2.45) is 53.3 Å². The number of hydrogen-bond donors (Lipinski definition) is 8. The molecule has 3 aromatic heterocycles. The third-order valence-corrected chi connectivity index (χ3v) is 23.8. The first-order chi connectivity index (χ1) is 42.9. The number of rotatable bonds is 35. The summed E-state index contributed by atoms with van der Waals surface area (Å²) in [5, 5.41) is 78.3. The number of carboxylic acid groups (broad SMARTS) is 3. The SMILES string of the molecule is [B]=C[C@@H]1CC(O)[C@H](C/C=C\CCCC(=O)O)[C@H]1/C=C/C(=O)CCc1cc(Br)c(C)s1.[B]=C[C@@H]1CC(O)[C@H](CC#CCCCC(=O)O)[C@H]1/C=C/[C@@H](O)CCc1cc(Br)c(C)s1.[B]=C[C@@H]1CC(O)[C@H](CCCCCCC(=O)O)[C@H]1/C=C/[C@@H](O)CCc1cc(Br)c(C)s1. The number of carbonyl (C=O) groups excluding carboxylic acids is 1. The van der Waals surface area contributed by atoms with E-state index in [1.54, 1.807) is 58.0 Å². The van der Waals surface area contributed by atoms with Crippen LogP contribution in [0.25, 0.3) is 0 Å². The Morgan fingerprint density at radius 3 is 1.47 bits per heavy atom. The van der Waals surface area contributed by atoms with E-state index in [2.05, 4.69) is 105 Å². The number of aliphatic hydroxyl groups is 5. The molecular weight excluding hydrogens is 1390 g/mol. The Morgan fingerprint density at radius 1 is 0.556 bits per heavy atom. The molecule has 3 aliphatic rings. The molecule has 0 aliphatic heterocycles. The number of allylic oxidation sites excluding steroid dienone is 6. The molecule has 487 valence electrons. The van der Waals surface area contributed by atoms with Gasteiger partial charge in [-0.1, -0.05) is 0 Å². The maximum absolute atomic E-state index is 12.4. The number of aryl methyl sites for hydroxylation is 6. The van der Waals surface area contributed by atoms with E-state index in [4.69, 9.17) is 37.8 Å². The fourth-order valence-corrected chi connectivity index (χ4v) is 17.0. The summed E-state index contributed by atoms with van der Waals surface area (Å²) >= 11 is 15.8. The third-order valence-electron chi connectivity index (χ3n) is 17.2. The molecule has 14 atom stereocenters. The van der Waals surface area contributed by atoms with E-state index in [0.29, 0.717) is 83.5 Å². The monoisotopic (exact) mass is 1480 g/mol. The standard InChI is InChI=1S/C23H33BBrO4S.2C23H29BBrO4S/c3*1-15-21(25)13-18(30-15)10-8-17(26)9-11-19-16(14-24)12-22(27)20(19)6-4-2-3-5-7-23(28)29/h9,11,13-14,16-17,19-20,22,26-27H,2-8,10,12H2,1H3,(H,28,29);9,11,13-14,16-17,19-20,22,26-27H,3,5-8,10,12H2,1H3,(H,28,29);2,4,9,11,13-14,16,19-20,22,27H,3,5-8,10,12H2,1H3,(H,28,29)/b2*11-9+;4-2-,11-9+/t2*16-,17-,19-,20+,22?;16-,19-,20+,22?/m000/s1. The predicted molar refractivity (Wildman–Crippen MR) is 383 cm³/mol. The molecule has 3 fully saturated rings. The van der Waals surface area contributed by atoms with Gasteiger partial charge in [-0.15, -0.1) is 0 Å². The first-order valence-electron chi connectivity index (χ1n) is 31.6. The summed E-state index contributed by atoms with van der Waals surface area (Å²) in [6, 6.07) is 6.30. The van der Waals surface area contributed by atoms with E-state index in [-0.39, 0.29) is 84.4 Å². The minimum absolute atomic E-state index is 0.00507. The second kappa shape index (κ2) is 42.9. The number of carboxylic acids is 3. The molecule has 0 saturated heterocycles. The van der Waals surface area contributed by atoms with Gasteiger partial charge in [0.15, 0.2) is 0 Å². The summed E-state index contributed by atoms with van der Waals surface area (Å²) in [7, 11) is 17.4. The zero-order valence-electron chi connectivity index (χ0n) is 52.2. The molecule has 12 nitrogen and oxygen atoms in total. The van der Waals surface area contributed by atoms with Gasteiger partial charge in [0, 0.05) is 0 Å². The maximum atomic E-state index is 12.4. The first-order valence-corrected chi connectivity index (χ1v) is 36.4. The fraction of sp³-hybridized carbons (Fsp3) is 0.580. The van der Waals surface area contributed by atoms with Crippen molar-refractivity contribution in [1.29, 1.82) is 0 Å². The molecule has 21 heteroatoms. The molecular formula is C69H91B3Br3O12S3. The Morgan fingerprint density at radius 2 is 0.989 bits per heavy atom. The van der Waals surface area contributed by atoms with Crippen LogP contribution in [0.1, 0.15) is 158 Å². The summed E-state index contributed by atoms with van der Waals surface area (Å²) < 4.78 is 3.32. The number of carbonyl (C=O) groups is 4. The second-order valence-electron chi connectivity index (χ2n) is 24.0.